The van der Waals surface area contributed by atoms with Crippen LogP contribution in [-0.4, -0.2) is 43.4 Å². The molecule has 1 heterocycles. The van der Waals surface area contributed by atoms with Crippen LogP contribution in [0.2, 0.25) is 0 Å². The molecule has 186 valence electrons. The summed E-state index contributed by atoms with van der Waals surface area (Å²) in [5.41, 5.74) is 2.80. The fourth-order valence-corrected chi connectivity index (χ4v) is 6.08. The summed E-state index contributed by atoms with van der Waals surface area (Å²) >= 11 is 0. The van der Waals surface area contributed by atoms with Gasteiger partial charge >= 0.3 is 0 Å². The Labute approximate surface area is 205 Å². The van der Waals surface area contributed by atoms with E-state index in [9.17, 15) is 13.2 Å². The normalized spacial score (nSPS) is 17.1. The fraction of sp³-hybridized carbons (Fsp3) is 0.536. The van der Waals surface area contributed by atoms with Crippen LogP contribution in [0, 0.1) is 0 Å². The van der Waals surface area contributed by atoms with E-state index in [2.05, 4.69) is 32.9 Å². The van der Waals surface area contributed by atoms with E-state index >= 15 is 0 Å². The molecule has 1 aliphatic heterocycles. The maximum atomic E-state index is 13.5. The average Bonchev–Trinajstić information content (AvgIpc) is 3.19. The van der Waals surface area contributed by atoms with Crippen LogP contribution in [0.25, 0.3) is 0 Å². The molecule has 2 aromatic rings. The van der Waals surface area contributed by atoms with E-state index < -0.39 is 9.84 Å². The Morgan fingerprint density at radius 3 is 2.26 bits per heavy atom. The Hall–Kier alpha value is -2.34. The molecular weight excluding hydrogens is 446 g/mol. The first kappa shape index (κ1) is 26.3. The number of sulfone groups is 1. The molecule has 0 bridgehead atoms. The second-order valence-electron chi connectivity index (χ2n) is 9.67. The van der Waals surface area contributed by atoms with Crippen LogP contribution in [0.4, 0.5) is 0 Å². The van der Waals surface area contributed by atoms with Crippen molar-refractivity contribution in [2.24, 2.45) is 0 Å². The molecule has 1 saturated heterocycles. The summed E-state index contributed by atoms with van der Waals surface area (Å²) in [6.45, 7) is 7.57. The first-order chi connectivity index (χ1) is 16.3. The van der Waals surface area contributed by atoms with Crippen molar-refractivity contribution in [3.63, 3.8) is 0 Å². The van der Waals surface area contributed by atoms with Crippen LogP contribution >= 0.6 is 0 Å². The van der Waals surface area contributed by atoms with E-state index in [1.54, 1.807) is 17.0 Å². The molecule has 3 rings (SSSR count). The van der Waals surface area contributed by atoms with E-state index in [1.807, 2.05) is 24.3 Å². The van der Waals surface area contributed by atoms with Gasteiger partial charge in [0.05, 0.1) is 18.1 Å². The van der Waals surface area contributed by atoms with E-state index in [0.717, 1.165) is 17.7 Å². The molecule has 1 amide bonds. The van der Waals surface area contributed by atoms with Crippen LogP contribution in [0.15, 0.2) is 48.5 Å². The van der Waals surface area contributed by atoms with Gasteiger partial charge in [-0.2, -0.15) is 0 Å². The van der Waals surface area contributed by atoms with Gasteiger partial charge in [0.2, 0.25) is 0 Å². The minimum Gasteiger partial charge on any atom is -0.494 e. The third kappa shape index (κ3) is 7.59. The number of nitrogens with zero attached hydrogens (tertiary/aromatic N) is 1. The summed E-state index contributed by atoms with van der Waals surface area (Å²) in [6.07, 6.45) is 6.40. The molecule has 1 atom stereocenters. The van der Waals surface area contributed by atoms with Gasteiger partial charge < -0.3 is 9.64 Å². The zero-order chi connectivity index (χ0) is 24.6. The number of rotatable bonds is 12. The van der Waals surface area contributed by atoms with Gasteiger partial charge in [-0.05, 0) is 54.2 Å². The lowest BCUT2D eigenvalue weighted by molar-refractivity contribution is 0.0681. The molecule has 0 radical (unpaired) electrons. The molecule has 6 heteroatoms. The largest absolute Gasteiger partial charge is 0.494 e. The second-order valence-corrected chi connectivity index (χ2v) is 11.9. The van der Waals surface area contributed by atoms with Gasteiger partial charge in [0.25, 0.3) is 5.91 Å². The van der Waals surface area contributed by atoms with Crippen LogP contribution in [-0.2, 0) is 16.4 Å². The van der Waals surface area contributed by atoms with Gasteiger partial charge in [0.15, 0.2) is 9.84 Å². The molecule has 0 N–H and O–H groups in total. The van der Waals surface area contributed by atoms with Crippen LogP contribution in [0.3, 0.4) is 0 Å². The van der Waals surface area contributed by atoms with Crippen molar-refractivity contribution >= 4 is 15.7 Å². The predicted molar refractivity (Wildman–Crippen MR) is 138 cm³/mol. The lowest BCUT2D eigenvalue weighted by Crippen LogP contribution is -2.40. The van der Waals surface area contributed by atoms with Gasteiger partial charge in [-0.15, -0.1) is 0 Å². The highest BCUT2D eigenvalue weighted by Gasteiger charge is 2.35. The van der Waals surface area contributed by atoms with Gasteiger partial charge in [-0.1, -0.05) is 70.7 Å². The molecule has 5 nitrogen and oxygen atoms in total. The monoisotopic (exact) mass is 485 g/mol. The third-order valence-electron chi connectivity index (χ3n) is 6.53. The zero-order valence-corrected chi connectivity index (χ0v) is 21.6. The Kier molecular flexibility index (Phi) is 9.57. The van der Waals surface area contributed by atoms with Crippen LogP contribution in [0.1, 0.15) is 86.7 Å². The summed E-state index contributed by atoms with van der Waals surface area (Å²) < 4.78 is 30.1. The van der Waals surface area contributed by atoms with E-state index in [1.165, 1.54) is 31.2 Å². The summed E-state index contributed by atoms with van der Waals surface area (Å²) in [5, 5.41) is 0. The molecule has 0 aliphatic carbocycles. The Morgan fingerprint density at radius 2 is 1.68 bits per heavy atom. The number of hydrogen-bond acceptors (Lipinski definition) is 4. The summed E-state index contributed by atoms with van der Waals surface area (Å²) in [6, 6.07) is 15.2. The third-order valence-corrected chi connectivity index (χ3v) is 8.28. The molecule has 2 aromatic carbocycles. The minimum absolute atomic E-state index is 0.0298. The SMILES string of the molecule is CCCCCCCOc1ccc(C(=O)N(Cc2ccc(C(C)C)cc2)[C@H]2CCS(=O)(=O)C2)cc1. The van der Waals surface area contributed by atoms with Crippen molar-refractivity contribution < 1.29 is 17.9 Å². The van der Waals surface area contributed by atoms with Crippen molar-refractivity contribution in [3.8, 4) is 5.75 Å². The van der Waals surface area contributed by atoms with Gasteiger partial charge in [0.1, 0.15) is 5.75 Å². The van der Waals surface area contributed by atoms with Crippen molar-refractivity contribution in [3.05, 3.63) is 65.2 Å². The predicted octanol–water partition coefficient (Wildman–Crippen LogP) is 5.99. The highest BCUT2D eigenvalue weighted by Crippen LogP contribution is 2.24. The number of benzene rings is 2. The Morgan fingerprint density at radius 1 is 1.00 bits per heavy atom. The number of carbonyl (C=O) groups excluding carboxylic acids is 1. The second kappa shape index (κ2) is 12.4. The molecule has 34 heavy (non-hydrogen) atoms. The van der Waals surface area contributed by atoms with E-state index in [4.69, 9.17) is 4.74 Å². The van der Waals surface area contributed by atoms with Gasteiger partial charge in [-0.3, -0.25) is 4.79 Å². The molecule has 0 unspecified atom stereocenters. The van der Waals surface area contributed by atoms with Crippen molar-refractivity contribution in [1.29, 1.82) is 0 Å². The Balaban J connectivity index is 1.68. The standard InChI is InChI=1S/C28H39NO4S/c1-4-5-6-7-8-18-33-27-15-13-25(14-16-27)28(30)29(26-17-19-34(31,32)21-26)20-23-9-11-24(12-10-23)22(2)3/h9-16,22,26H,4-8,17-21H2,1-3H3/t26-/m0/s1. The minimum atomic E-state index is -3.11. The number of ether oxygens (including phenoxy) is 1. The first-order valence-corrected chi connectivity index (χ1v) is 14.4. The van der Waals surface area contributed by atoms with E-state index in [0.29, 0.717) is 31.1 Å². The lowest BCUT2D eigenvalue weighted by atomic mass is 10.0. The lowest BCUT2D eigenvalue weighted by Gasteiger charge is -2.29. The van der Waals surface area contributed by atoms with E-state index in [-0.39, 0.29) is 23.5 Å². The topological polar surface area (TPSA) is 63.7 Å². The molecule has 0 spiro atoms. The first-order valence-electron chi connectivity index (χ1n) is 12.6. The average molecular weight is 486 g/mol. The highest BCUT2D eigenvalue weighted by molar-refractivity contribution is 7.91. The van der Waals surface area contributed by atoms with Crippen LogP contribution in [0.5, 0.6) is 5.75 Å². The number of carbonyl (C=O) groups is 1. The quantitative estimate of drug-likeness (QED) is 0.347. The maximum absolute atomic E-state index is 13.5. The van der Waals surface area contributed by atoms with Crippen molar-refractivity contribution in [2.75, 3.05) is 18.1 Å². The van der Waals surface area contributed by atoms with Gasteiger partial charge in [-0.25, -0.2) is 8.42 Å². The molecule has 0 aromatic heterocycles. The van der Waals surface area contributed by atoms with Gasteiger partial charge in [0, 0.05) is 18.2 Å². The zero-order valence-electron chi connectivity index (χ0n) is 20.8. The Bertz CT molecular complexity index is 1010. The van der Waals surface area contributed by atoms with Crippen molar-refractivity contribution in [2.45, 2.75) is 77.8 Å². The van der Waals surface area contributed by atoms with Crippen molar-refractivity contribution in [1.82, 2.24) is 4.90 Å². The molecule has 1 aliphatic rings. The maximum Gasteiger partial charge on any atom is 0.254 e. The van der Waals surface area contributed by atoms with Crippen LogP contribution < -0.4 is 4.74 Å². The highest BCUT2D eigenvalue weighted by atomic mass is 32.2. The summed E-state index contributed by atoms with van der Waals surface area (Å²) in [5.74, 6) is 1.22. The fourth-order valence-electron chi connectivity index (χ4n) is 4.35. The molecule has 1 fully saturated rings. The smallest absolute Gasteiger partial charge is 0.254 e. The number of amides is 1. The number of unbranched alkanes of at least 4 members (excludes halogenated alkanes) is 4. The molecular formula is C28H39NO4S. The summed E-state index contributed by atoms with van der Waals surface area (Å²) in [7, 11) is -3.11. The summed E-state index contributed by atoms with van der Waals surface area (Å²) in [4.78, 5) is 15.2. The number of hydrogen-bond donors (Lipinski definition) is 0. The molecule has 0 saturated carbocycles.